The molecule has 5 rings (SSSR count). The zero-order valence-corrected chi connectivity index (χ0v) is 25.6. The molecule has 2 aliphatic rings. The Hall–Kier alpha value is -3.47. The number of pyridine rings is 1. The van der Waals surface area contributed by atoms with E-state index in [0.29, 0.717) is 57.5 Å². The number of halogens is 1. The number of sulfonamides is 1. The molecule has 1 saturated heterocycles. The van der Waals surface area contributed by atoms with Gasteiger partial charge in [-0.25, -0.2) is 23.2 Å². The number of ether oxygens (including phenoxy) is 1. The molecule has 1 aromatic carbocycles. The van der Waals surface area contributed by atoms with Gasteiger partial charge in [-0.1, -0.05) is 6.07 Å². The van der Waals surface area contributed by atoms with Crippen molar-refractivity contribution >= 4 is 38.8 Å². The summed E-state index contributed by atoms with van der Waals surface area (Å²) in [5.74, 6) is 0.0664. The highest BCUT2D eigenvalue weighted by Crippen LogP contribution is 2.34. The highest BCUT2D eigenvalue weighted by atomic mass is 79.9. The van der Waals surface area contributed by atoms with Crippen LogP contribution < -0.4 is 4.90 Å². The topological polar surface area (TPSA) is 125 Å². The van der Waals surface area contributed by atoms with Crippen LogP contribution in [0.1, 0.15) is 29.7 Å². The van der Waals surface area contributed by atoms with Crippen LogP contribution in [-0.2, 0) is 34.8 Å². The maximum absolute atomic E-state index is 14.1. The monoisotopic (exact) mass is 643 g/mol. The van der Waals surface area contributed by atoms with Gasteiger partial charge in [0.1, 0.15) is 0 Å². The maximum Gasteiger partial charge on any atom is 0.409 e. The van der Waals surface area contributed by atoms with Crippen molar-refractivity contribution in [2.24, 2.45) is 13.0 Å². The van der Waals surface area contributed by atoms with Gasteiger partial charge >= 0.3 is 6.09 Å². The van der Waals surface area contributed by atoms with Crippen molar-refractivity contribution in [3.05, 3.63) is 71.9 Å². The third kappa shape index (κ3) is 6.55. The molecule has 2 aliphatic heterocycles. The number of hydrogen-bond donors (Lipinski definition) is 0. The number of imidazole rings is 1. The Labute approximate surface area is 251 Å². The number of carbonyl (C=O) groups is 1. The summed E-state index contributed by atoms with van der Waals surface area (Å²) in [5.41, 5.74) is 3.44. The van der Waals surface area contributed by atoms with Crippen LogP contribution in [0.5, 0.6) is 0 Å². The number of methoxy groups -OCH3 is 1. The first kappa shape index (κ1) is 30.5. The van der Waals surface area contributed by atoms with Crippen LogP contribution in [0.25, 0.3) is 0 Å². The van der Waals surface area contributed by atoms with Gasteiger partial charge in [-0.2, -0.15) is 9.57 Å². The molecule has 13 heteroatoms. The van der Waals surface area contributed by atoms with Crippen molar-refractivity contribution in [2.45, 2.75) is 36.9 Å². The number of anilines is 1. The second-order valence-corrected chi connectivity index (χ2v) is 12.2. The molecule has 218 valence electrons. The van der Waals surface area contributed by atoms with Crippen LogP contribution in [-0.4, -0.2) is 77.6 Å². The van der Waals surface area contributed by atoms with Gasteiger partial charge in [0.2, 0.25) is 0 Å². The summed E-state index contributed by atoms with van der Waals surface area (Å²) < 4.78 is 36.7. The molecular formula is C28H34BrN7O4S. The highest BCUT2D eigenvalue weighted by molar-refractivity contribution is 8.93. The minimum atomic E-state index is -3.94. The number of nitriles is 1. The van der Waals surface area contributed by atoms with Gasteiger partial charge in [-0.3, -0.25) is 0 Å². The Balaban J connectivity index is 0.00000387. The second-order valence-electron chi connectivity index (χ2n) is 10.3. The normalized spacial score (nSPS) is 17.5. The van der Waals surface area contributed by atoms with Crippen LogP contribution in [0, 0.1) is 17.2 Å². The largest absolute Gasteiger partial charge is 0.453 e. The molecule has 0 radical (unpaired) electrons. The van der Waals surface area contributed by atoms with Gasteiger partial charge in [-0.05, 0) is 61.1 Å². The molecule has 41 heavy (non-hydrogen) atoms. The molecule has 3 aromatic rings. The number of rotatable bonds is 7. The number of piperidine rings is 1. The quantitative estimate of drug-likeness (QED) is 0.384. The standard InChI is InChI=1S/C28H33N7O4S.BrH/c1-32-20-30-16-25(32)19-34-18-24(14-23-13-22(15-29)6-7-26(23)34)35(40(37,38)27-5-3-4-10-31-27)17-21-8-11-33(12-9-21)28(36)39-2;/h3-7,10,13,16,20-21,24H,8-9,11-12,14,17-19H2,1-2H3;1H. The van der Waals surface area contributed by atoms with Gasteiger partial charge in [0.25, 0.3) is 10.0 Å². The lowest BCUT2D eigenvalue weighted by Crippen LogP contribution is -2.53. The number of nitrogens with zero attached hydrogens (tertiary/aromatic N) is 7. The van der Waals surface area contributed by atoms with Crippen molar-refractivity contribution in [1.29, 1.82) is 5.26 Å². The lowest BCUT2D eigenvalue weighted by molar-refractivity contribution is 0.101. The van der Waals surface area contributed by atoms with Gasteiger partial charge in [-0.15, -0.1) is 17.0 Å². The average Bonchev–Trinajstić information content (AvgIpc) is 3.39. The van der Waals surface area contributed by atoms with Gasteiger partial charge < -0.3 is 19.1 Å². The number of likely N-dealkylation sites (tertiary alicyclic amines) is 1. The van der Waals surface area contributed by atoms with E-state index in [1.807, 2.05) is 29.9 Å². The average molecular weight is 645 g/mol. The van der Waals surface area contributed by atoms with Crippen molar-refractivity contribution < 1.29 is 17.9 Å². The van der Waals surface area contributed by atoms with Gasteiger partial charge in [0.15, 0.2) is 5.03 Å². The number of benzene rings is 1. The van der Waals surface area contributed by atoms with Crippen molar-refractivity contribution in [2.75, 3.05) is 38.2 Å². The molecule has 0 saturated carbocycles. The Morgan fingerprint density at radius 3 is 2.63 bits per heavy atom. The van der Waals surface area contributed by atoms with Crippen LogP contribution in [0.3, 0.4) is 0 Å². The fraction of sp³-hybridized carbons (Fsp3) is 0.429. The molecule has 0 spiro atoms. The summed E-state index contributed by atoms with van der Waals surface area (Å²) >= 11 is 0. The van der Waals surface area contributed by atoms with Crippen LogP contribution >= 0.6 is 17.0 Å². The number of aromatic nitrogens is 3. The number of amides is 1. The van der Waals surface area contributed by atoms with Crippen LogP contribution in [0.15, 0.2) is 60.1 Å². The number of fused-ring (bicyclic) bond motifs is 1. The summed E-state index contributed by atoms with van der Waals surface area (Å²) in [6.07, 6.45) is 6.50. The summed E-state index contributed by atoms with van der Waals surface area (Å²) in [7, 11) is -0.640. The minimum Gasteiger partial charge on any atom is -0.453 e. The molecule has 1 fully saturated rings. The van der Waals surface area contributed by atoms with E-state index in [2.05, 4.69) is 20.9 Å². The summed E-state index contributed by atoms with van der Waals surface area (Å²) in [5, 5.41) is 9.58. The zero-order chi connectivity index (χ0) is 28.3. The predicted molar refractivity (Wildman–Crippen MR) is 158 cm³/mol. The van der Waals surface area contributed by atoms with E-state index >= 15 is 0 Å². The lowest BCUT2D eigenvalue weighted by Gasteiger charge is -2.42. The van der Waals surface area contributed by atoms with E-state index in [-0.39, 0.29) is 40.1 Å². The minimum absolute atomic E-state index is 0. The van der Waals surface area contributed by atoms with E-state index in [1.165, 1.54) is 19.4 Å². The fourth-order valence-corrected chi connectivity index (χ4v) is 7.24. The van der Waals surface area contributed by atoms with Crippen molar-refractivity contribution in [1.82, 2.24) is 23.7 Å². The van der Waals surface area contributed by atoms with Gasteiger partial charge in [0, 0.05) is 57.3 Å². The Morgan fingerprint density at radius 2 is 2.00 bits per heavy atom. The SMILES string of the molecule is Br.COC(=O)N1CCC(CN(C2Cc3cc(C#N)ccc3N(Cc3cncn3C)C2)S(=O)(=O)c2ccccn2)CC1. The highest BCUT2D eigenvalue weighted by Gasteiger charge is 2.39. The molecule has 0 bridgehead atoms. The first-order valence-corrected chi connectivity index (χ1v) is 14.7. The van der Waals surface area contributed by atoms with Crippen molar-refractivity contribution in [3.8, 4) is 6.07 Å². The maximum atomic E-state index is 14.1. The molecule has 11 nitrogen and oxygen atoms in total. The molecule has 2 aromatic heterocycles. The molecule has 1 unspecified atom stereocenters. The van der Waals surface area contributed by atoms with E-state index in [0.717, 1.165) is 16.9 Å². The third-order valence-corrected chi connectivity index (χ3v) is 9.64. The Kier molecular flexibility index (Phi) is 9.68. The summed E-state index contributed by atoms with van der Waals surface area (Å²) in [4.78, 5) is 24.3. The predicted octanol–water partition coefficient (Wildman–Crippen LogP) is 3.37. The first-order valence-electron chi connectivity index (χ1n) is 13.3. The van der Waals surface area contributed by atoms with Crippen LogP contribution in [0.2, 0.25) is 0 Å². The molecule has 1 atom stereocenters. The molecule has 0 N–H and O–H groups in total. The number of aryl methyl sites for hydroxylation is 1. The van der Waals surface area contributed by atoms with E-state index in [1.54, 1.807) is 33.7 Å². The molecule has 4 heterocycles. The Morgan fingerprint density at radius 1 is 1.22 bits per heavy atom. The zero-order valence-electron chi connectivity index (χ0n) is 23.1. The summed E-state index contributed by atoms with van der Waals surface area (Å²) in [6.45, 7) is 2.35. The number of carbonyl (C=O) groups excluding carboxylic acids is 1. The lowest BCUT2D eigenvalue weighted by atomic mass is 9.93. The summed E-state index contributed by atoms with van der Waals surface area (Å²) in [6, 6.07) is 12.3. The fourth-order valence-electron chi connectivity index (χ4n) is 5.62. The Bertz CT molecular complexity index is 1500. The molecule has 1 amide bonds. The first-order chi connectivity index (χ1) is 19.3. The van der Waals surface area contributed by atoms with E-state index < -0.39 is 10.0 Å². The molecular weight excluding hydrogens is 610 g/mol. The number of hydrogen-bond acceptors (Lipinski definition) is 8. The van der Waals surface area contributed by atoms with E-state index in [4.69, 9.17) is 4.74 Å². The molecule has 0 aliphatic carbocycles. The van der Waals surface area contributed by atoms with E-state index in [9.17, 15) is 18.5 Å². The third-order valence-electron chi connectivity index (χ3n) is 7.81. The van der Waals surface area contributed by atoms with Gasteiger partial charge in [0.05, 0.1) is 37.3 Å². The van der Waals surface area contributed by atoms with Crippen LogP contribution in [0.4, 0.5) is 10.5 Å². The smallest absolute Gasteiger partial charge is 0.409 e. The van der Waals surface area contributed by atoms with Crippen molar-refractivity contribution in [3.63, 3.8) is 0 Å². The second kappa shape index (κ2) is 13.0.